The number of hydrogen-bond donors (Lipinski definition) is 1. The maximum atomic E-state index is 9.79. The van der Waals surface area contributed by atoms with Crippen LogP contribution in [0.4, 0.5) is 0 Å². The van der Waals surface area contributed by atoms with Gasteiger partial charge in [-0.3, -0.25) is 4.55 Å². The van der Waals surface area contributed by atoms with Gasteiger partial charge < -0.3 is 5.48 Å². The second-order valence-corrected chi connectivity index (χ2v) is 2.86. The largest absolute Gasteiger partial charge is 0.412 e. The summed E-state index contributed by atoms with van der Waals surface area (Å²) in [6.07, 6.45) is 0.471. The van der Waals surface area contributed by atoms with Crippen LogP contribution in [0.3, 0.4) is 0 Å². The number of rotatable bonds is 2. The molecule has 0 aromatic carbocycles. The van der Waals surface area contributed by atoms with Gasteiger partial charge in [-0.1, -0.05) is 6.92 Å². The zero-order valence-corrected chi connectivity index (χ0v) is 6.82. The first-order chi connectivity index (χ1) is 4.06. The zero-order valence-electron chi connectivity index (χ0n) is 6.00. The highest BCUT2D eigenvalue weighted by molar-refractivity contribution is 7.85. The summed E-state index contributed by atoms with van der Waals surface area (Å²) in [7, 11) is -3.67. The van der Waals surface area contributed by atoms with Gasteiger partial charge in [-0.05, 0) is 6.42 Å². The molecule has 10 heavy (non-hydrogen) atoms. The minimum absolute atomic E-state index is 0. The topological polar surface area (TPSA) is 85.9 Å². The second kappa shape index (κ2) is 8.61. The van der Waals surface area contributed by atoms with Crippen molar-refractivity contribution in [1.82, 2.24) is 0 Å². The molecule has 0 heterocycles. The average molecular weight is 170 g/mol. The van der Waals surface area contributed by atoms with E-state index in [-0.39, 0.29) is 11.2 Å². The Balaban J connectivity index is -0.000000149. The molecule has 0 radical (unpaired) electrons. The van der Waals surface area contributed by atoms with E-state index >= 15 is 0 Å². The third kappa shape index (κ3) is 25.5. The first kappa shape index (κ1) is 16.3. The molecule has 0 saturated carbocycles. The van der Waals surface area contributed by atoms with Crippen molar-refractivity contribution in [2.45, 2.75) is 13.3 Å². The van der Waals surface area contributed by atoms with Gasteiger partial charge in [0.1, 0.15) is 0 Å². The molecule has 3 N–H and O–H groups in total. The molecule has 64 valence electrons. The smallest absolute Gasteiger partial charge is 0.264 e. The van der Waals surface area contributed by atoms with Crippen LogP contribution >= 0.6 is 0 Å². The second-order valence-electron chi connectivity index (χ2n) is 1.29. The summed E-state index contributed by atoms with van der Waals surface area (Å²) in [6.45, 7) is 7.69. The molecule has 0 spiro atoms. The molecule has 0 unspecified atom stereocenters. The van der Waals surface area contributed by atoms with E-state index in [1.165, 1.54) is 0 Å². The Morgan fingerprint density at radius 3 is 1.70 bits per heavy atom. The van der Waals surface area contributed by atoms with Crippen LogP contribution in [0, 0.1) is 0 Å². The minimum Gasteiger partial charge on any atom is -0.412 e. The van der Waals surface area contributed by atoms with Crippen LogP contribution in [0.5, 0.6) is 0 Å². The molecule has 0 rings (SSSR count). The highest BCUT2D eigenvalue weighted by atomic mass is 32.2. The molecular formula is C5H14O4S. The lowest BCUT2D eigenvalue weighted by Gasteiger charge is -1.85. The van der Waals surface area contributed by atoms with Crippen molar-refractivity contribution in [2.24, 2.45) is 0 Å². The maximum absolute atomic E-state index is 9.79. The van der Waals surface area contributed by atoms with Gasteiger partial charge in [0, 0.05) is 0 Å². The van der Waals surface area contributed by atoms with Crippen LogP contribution in [-0.2, 0) is 10.1 Å². The van der Waals surface area contributed by atoms with Crippen molar-refractivity contribution in [3.63, 3.8) is 0 Å². The molecule has 0 aliphatic carbocycles. The Bertz CT molecular complexity index is 138. The van der Waals surface area contributed by atoms with Gasteiger partial charge in [0.05, 0.1) is 5.75 Å². The Morgan fingerprint density at radius 1 is 1.40 bits per heavy atom. The highest BCUT2D eigenvalue weighted by Crippen LogP contribution is 1.83. The van der Waals surface area contributed by atoms with Crippen LogP contribution in [0.15, 0.2) is 13.2 Å². The third-order valence-corrected chi connectivity index (χ3v) is 1.39. The summed E-state index contributed by atoms with van der Waals surface area (Å²) in [6, 6.07) is 0. The normalized spacial score (nSPS) is 8.60. The molecule has 0 atom stereocenters. The van der Waals surface area contributed by atoms with Crippen LogP contribution in [0.25, 0.3) is 0 Å². The predicted octanol–water partition coefficient (Wildman–Crippen LogP) is 0.262. The summed E-state index contributed by atoms with van der Waals surface area (Å²) in [4.78, 5) is 0. The molecule has 0 aliphatic rings. The molecule has 0 aromatic heterocycles. The lowest BCUT2D eigenvalue weighted by Crippen LogP contribution is -2.01. The summed E-state index contributed by atoms with van der Waals surface area (Å²) in [5.41, 5.74) is 0. The lowest BCUT2D eigenvalue weighted by atomic mass is 10.6. The summed E-state index contributed by atoms with van der Waals surface area (Å²) in [5, 5.41) is 0. The Hall–Kier alpha value is -0.390. The molecule has 4 nitrogen and oxygen atoms in total. The van der Waals surface area contributed by atoms with Crippen LogP contribution in [0.1, 0.15) is 13.3 Å². The standard InChI is InChI=1S/C3H8O3S.C2H4.H2O/c1-2-3-7(4,5)6;1-2;/h2-3H2,1H3,(H,4,5,6);1-2H2;1H2. The highest BCUT2D eigenvalue weighted by Gasteiger charge is 1.98. The molecule has 0 aromatic rings. The monoisotopic (exact) mass is 170 g/mol. The van der Waals surface area contributed by atoms with E-state index in [2.05, 4.69) is 13.2 Å². The van der Waals surface area contributed by atoms with Crippen LogP contribution < -0.4 is 0 Å². The van der Waals surface area contributed by atoms with Gasteiger partial charge in [-0.25, -0.2) is 0 Å². The zero-order chi connectivity index (χ0) is 7.91. The molecule has 0 fully saturated rings. The summed E-state index contributed by atoms with van der Waals surface area (Å²) < 4.78 is 27.6. The fraction of sp³-hybridized carbons (Fsp3) is 0.600. The lowest BCUT2D eigenvalue weighted by molar-refractivity contribution is 0.482. The Kier molecular flexibility index (Phi) is 14.0. The van der Waals surface area contributed by atoms with E-state index in [0.29, 0.717) is 6.42 Å². The van der Waals surface area contributed by atoms with Crippen molar-refractivity contribution in [2.75, 3.05) is 5.75 Å². The quantitative estimate of drug-likeness (QED) is 0.476. The van der Waals surface area contributed by atoms with E-state index in [4.69, 9.17) is 4.55 Å². The van der Waals surface area contributed by atoms with Crippen molar-refractivity contribution < 1.29 is 18.4 Å². The van der Waals surface area contributed by atoms with Gasteiger partial charge >= 0.3 is 0 Å². The van der Waals surface area contributed by atoms with Gasteiger partial charge in [-0.2, -0.15) is 8.42 Å². The van der Waals surface area contributed by atoms with Gasteiger partial charge in [-0.15, -0.1) is 13.2 Å². The van der Waals surface area contributed by atoms with E-state index in [1.54, 1.807) is 6.92 Å². The predicted molar refractivity (Wildman–Crippen MR) is 41.6 cm³/mol. The molecule has 0 bridgehead atoms. The fourth-order valence-corrected chi connectivity index (χ4v) is 0.774. The average Bonchev–Trinajstić information content (AvgIpc) is 1.69. The van der Waals surface area contributed by atoms with Crippen molar-refractivity contribution in [3.8, 4) is 0 Å². The van der Waals surface area contributed by atoms with Crippen molar-refractivity contribution in [1.29, 1.82) is 0 Å². The first-order valence-electron chi connectivity index (χ1n) is 2.51. The molecule has 0 amide bonds. The van der Waals surface area contributed by atoms with Gasteiger partial charge in [0.2, 0.25) is 0 Å². The maximum Gasteiger partial charge on any atom is 0.264 e. The van der Waals surface area contributed by atoms with Crippen LogP contribution in [0.2, 0.25) is 0 Å². The van der Waals surface area contributed by atoms with Crippen LogP contribution in [-0.4, -0.2) is 24.2 Å². The molecular weight excluding hydrogens is 156 g/mol. The summed E-state index contributed by atoms with van der Waals surface area (Å²) in [5.74, 6) is -0.132. The van der Waals surface area contributed by atoms with Gasteiger partial charge in [0.25, 0.3) is 10.1 Å². The Morgan fingerprint density at radius 2 is 1.70 bits per heavy atom. The Labute approximate surface area is 61.6 Å². The van der Waals surface area contributed by atoms with E-state index in [9.17, 15) is 8.42 Å². The molecule has 0 aliphatic heterocycles. The first-order valence-corrected chi connectivity index (χ1v) is 4.12. The SMILES string of the molecule is C=C.CCCS(=O)(=O)O.O. The number of hydrogen-bond acceptors (Lipinski definition) is 2. The van der Waals surface area contributed by atoms with E-state index < -0.39 is 10.1 Å². The summed E-state index contributed by atoms with van der Waals surface area (Å²) >= 11 is 0. The molecule has 5 heteroatoms. The van der Waals surface area contributed by atoms with E-state index in [1.807, 2.05) is 0 Å². The van der Waals surface area contributed by atoms with Crippen molar-refractivity contribution >= 4 is 10.1 Å². The van der Waals surface area contributed by atoms with E-state index in [0.717, 1.165) is 0 Å². The van der Waals surface area contributed by atoms with Gasteiger partial charge in [0.15, 0.2) is 0 Å². The minimum atomic E-state index is -3.67. The fourth-order valence-electron chi connectivity index (χ4n) is 0.258. The van der Waals surface area contributed by atoms with Crippen molar-refractivity contribution in [3.05, 3.63) is 13.2 Å². The third-order valence-electron chi connectivity index (χ3n) is 0.462. The molecule has 0 saturated heterocycles.